The first-order valence-corrected chi connectivity index (χ1v) is 12.9. The molecule has 0 fully saturated rings. The lowest BCUT2D eigenvalue weighted by Gasteiger charge is -2.16. The molecular weight excluding hydrogens is 494 g/mol. The van der Waals surface area contributed by atoms with Crippen LogP contribution in [0.5, 0.6) is 0 Å². The Morgan fingerprint density at radius 3 is 2.11 bits per heavy atom. The molecule has 11 nitrogen and oxygen atoms in total. The van der Waals surface area contributed by atoms with Crippen LogP contribution in [0.15, 0.2) is 59.5 Å². The minimum atomic E-state index is -3.45. The lowest BCUT2D eigenvalue weighted by molar-refractivity contribution is -0.757. The van der Waals surface area contributed by atoms with Crippen LogP contribution >= 0.6 is 0 Å². The van der Waals surface area contributed by atoms with E-state index in [1.54, 1.807) is 37.3 Å². The van der Waals surface area contributed by atoms with Crippen LogP contribution in [0.2, 0.25) is 0 Å². The number of hydrogen-bond donors (Lipinski definition) is 0. The summed E-state index contributed by atoms with van der Waals surface area (Å²) in [6, 6.07) is 14.4. The zero-order valence-electron chi connectivity index (χ0n) is 19.9. The molecule has 0 heterocycles. The molecule has 2 aromatic carbocycles. The zero-order valence-corrected chi connectivity index (χ0v) is 20.7. The van der Waals surface area contributed by atoms with E-state index in [9.17, 15) is 28.1 Å². The number of carbonyl (C=O) groups is 2. The van der Waals surface area contributed by atoms with Gasteiger partial charge >= 0.3 is 12.1 Å². The van der Waals surface area contributed by atoms with Gasteiger partial charge in [-0.15, -0.1) is 10.1 Å². The molecule has 12 heteroatoms. The van der Waals surface area contributed by atoms with Crippen LogP contribution in [0.3, 0.4) is 0 Å². The van der Waals surface area contributed by atoms with Gasteiger partial charge < -0.3 is 19.0 Å². The van der Waals surface area contributed by atoms with E-state index in [1.807, 2.05) is 0 Å². The third-order valence-electron chi connectivity index (χ3n) is 4.76. The monoisotopic (exact) mass is 521 g/mol. The molecule has 0 bridgehead atoms. The number of ether oxygens (including phenoxy) is 3. The van der Waals surface area contributed by atoms with Gasteiger partial charge in [-0.2, -0.15) is 0 Å². The predicted octanol–water partition coefficient (Wildman–Crippen LogP) is 3.71. The molecular formula is C24H27NO10S. The Bertz CT molecular complexity index is 1180. The molecule has 0 saturated carbocycles. The zero-order chi connectivity index (χ0) is 26.6. The first-order chi connectivity index (χ1) is 17.1. The third kappa shape index (κ3) is 9.02. The maximum absolute atomic E-state index is 12.9. The van der Waals surface area contributed by atoms with Gasteiger partial charge in [-0.05, 0) is 43.0 Å². The number of hydrogen-bond acceptors (Lipinski definition) is 10. The summed E-state index contributed by atoms with van der Waals surface area (Å²) in [5.41, 5.74) is 1.39. The average molecular weight is 522 g/mol. The van der Waals surface area contributed by atoms with Crippen molar-refractivity contribution in [3.63, 3.8) is 0 Å². The first kappa shape index (κ1) is 28.3. The van der Waals surface area contributed by atoms with Crippen LogP contribution in [0.1, 0.15) is 30.9 Å². The molecule has 2 aromatic rings. The molecule has 2 rings (SSSR count). The van der Waals surface area contributed by atoms with E-state index in [2.05, 4.69) is 4.84 Å². The van der Waals surface area contributed by atoms with Crippen molar-refractivity contribution in [1.29, 1.82) is 0 Å². The molecule has 194 valence electrons. The van der Waals surface area contributed by atoms with Crippen molar-refractivity contribution in [2.75, 3.05) is 32.7 Å². The highest BCUT2D eigenvalue weighted by atomic mass is 32.2. The smallest absolute Gasteiger partial charge is 0.462 e. The fraction of sp³-hybridized carbons (Fsp3) is 0.333. The highest BCUT2D eigenvalue weighted by molar-refractivity contribution is 7.90. The normalized spacial score (nSPS) is 11.7. The van der Waals surface area contributed by atoms with Crippen molar-refractivity contribution in [1.82, 2.24) is 0 Å². The van der Waals surface area contributed by atoms with Crippen molar-refractivity contribution in [3.05, 3.63) is 75.8 Å². The molecule has 36 heavy (non-hydrogen) atoms. The Balaban J connectivity index is 2.31. The minimum absolute atomic E-state index is 0.0502. The molecule has 0 aliphatic carbocycles. The summed E-state index contributed by atoms with van der Waals surface area (Å²) >= 11 is 0. The Kier molecular flexibility index (Phi) is 10.9. The van der Waals surface area contributed by atoms with Gasteiger partial charge in [-0.25, -0.2) is 18.0 Å². The molecule has 0 aromatic heterocycles. The number of esters is 1. The van der Waals surface area contributed by atoms with E-state index in [0.717, 1.165) is 6.26 Å². The van der Waals surface area contributed by atoms with E-state index >= 15 is 0 Å². The SMILES string of the molecule is CCOC(=O)/C(=C(\COC(=O)OCCCCO[N+](=O)[O-])c1ccc(S(C)(=O)=O)cc1)c1ccccc1. The van der Waals surface area contributed by atoms with E-state index in [0.29, 0.717) is 24.0 Å². The van der Waals surface area contributed by atoms with Crippen molar-refractivity contribution < 1.29 is 42.1 Å². The molecule has 0 saturated heterocycles. The van der Waals surface area contributed by atoms with Gasteiger partial charge in [0, 0.05) is 11.8 Å². The summed E-state index contributed by atoms with van der Waals surface area (Å²) in [6.07, 6.45) is 0.686. The molecule has 0 amide bonds. The van der Waals surface area contributed by atoms with Gasteiger partial charge in [-0.3, -0.25) is 0 Å². The van der Waals surface area contributed by atoms with Gasteiger partial charge in [0.15, 0.2) is 9.84 Å². The topological polar surface area (TPSA) is 148 Å². The molecule has 0 aliphatic rings. The number of carbonyl (C=O) groups excluding carboxylic acids is 2. The lowest BCUT2D eigenvalue weighted by Crippen LogP contribution is -2.15. The Hall–Kier alpha value is -3.93. The summed E-state index contributed by atoms with van der Waals surface area (Å²) in [5.74, 6) is -0.645. The second-order valence-electron chi connectivity index (χ2n) is 7.39. The summed E-state index contributed by atoms with van der Waals surface area (Å²) in [6.45, 7) is 1.22. The van der Waals surface area contributed by atoms with Crippen molar-refractivity contribution in [3.8, 4) is 0 Å². The maximum Gasteiger partial charge on any atom is 0.508 e. The van der Waals surface area contributed by atoms with Crippen LogP contribution in [0.4, 0.5) is 4.79 Å². The second kappa shape index (κ2) is 13.8. The fourth-order valence-corrected chi connectivity index (χ4v) is 3.73. The number of nitrogens with zero attached hydrogens (tertiary/aromatic N) is 1. The number of benzene rings is 2. The lowest BCUT2D eigenvalue weighted by atomic mass is 9.95. The molecule has 0 radical (unpaired) electrons. The maximum atomic E-state index is 12.9. The highest BCUT2D eigenvalue weighted by Gasteiger charge is 2.22. The van der Waals surface area contributed by atoms with Crippen molar-refractivity contribution in [2.45, 2.75) is 24.7 Å². The Morgan fingerprint density at radius 1 is 0.889 bits per heavy atom. The average Bonchev–Trinajstić information content (AvgIpc) is 2.84. The minimum Gasteiger partial charge on any atom is -0.462 e. The largest absolute Gasteiger partial charge is 0.508 e. The number of unbranched alkanes of at least 4 members (excludes halogenated alkanes) is 1. The van der Waals surface area contributed by atoms with E-state index < -0.39 is 27.0 Å². The van der Waals surface area contributed by atoms with Gasteiger partial charge in [-0.1, -0.05) is 42.5 Å². The second-order valence-corrected chi connectivity index (χ2v) is 9.40. The van der Waals surface area contributed by atoms with Crippen LogP contribution in [0.25, 0.3) is 11.1 Å². The summed E-state index contributed by atoms with van der Waals surface area (Å²) < 4.78 is 39.2. The van der Waals surface area contributed by atoms with Crippen LogP contribution in [0, 0.1) is 10.1 Å². The van der Waals surface area contributed by atoms with Crippen LogP contribution in [-0.4, -0.2) is 58.3 Å². The molecule has 0 spiro atoms. The summed E-state index contributed by atoms with van der Waals surface area (Å²) in [7, 11) is -3.45. The molecule has 0 aliphatic heterocycles. The number of rotatable bonds is 13. The predicted molar refractivity (Wildman–Crippen MR) is 129 cm³/mol. The fourth-order valence-electron chi connectivity index (χ4n) is 3.10. The summed E-state index contributed by atoms with van der Waals surface area (Å²) in [5, 5.41) is 9.23. The third-order valence-corrected chi connectivity index (χ3v) is 5.89. The van der Waals surface area contributed by atoms with Crippen molar-refractivity contribution >= 4 is 33.1 Å². The molecule has 0 atom stereocenters. The summed E-state index contributed by atoms with van der Waals surface area (Å²) in [4.78, 5) is 39.5. The van der Waals surface area contributed by atoms with Gasteiger partial charge in [0.2, 0.25) is 0 Å². The van der Waals surface area contributed by atoms with Crippen molar-refractivity contribution in [2.24, 2.45) is 0 Å². The van der Waals surface area contributed by atoms with E-state index in [1.165, 1.54) is 24.3 Å². The van der Waals surface area contributed by atoms with Gasteiger partial charge in [0.1, 0.15) is 6.61 Å². The number of sulfone groups is 1. The van der Waals surface area contributed by atoms with Gasteiger partial charge in [0.25, 0.3) is 5.09 Å². The molecule has 0 unspecified atom stereocenters. The Morgan fingerprint density at radius 2 is 1.53 bits per heavy atom. The van der Waals surface area contributed by atoms with Gasteiger partial charge in [0.05, 0.1) is 30.3 Å². The highest BCUT2D eigenvalue weighted by Crippen LogP contribution is 2.29. The van der Waals surface area contributed by atoms with Crippen LogP contribution < -0.4 is 0 Å². The van der Waals surface area contributed by atoms with E-state index in [4.69, 9.17) is 14.2 Å². The quantitative estimate of drug-likeness (QED) is 0.0953. The van der Waals surface area contributed by atoms with E-state index in [-0.39, 0.29) is 42.5 Å². The Labute approximate surface area is 208 Å². The standard InChI is InChI=1S/C24H27NO10S/c1-3-32-23(26)22(19-9-5-4-6-10-19)21(18-11-13-20(14-12-18)36(2,30)31)17-34-24(27)33-15-7-8-16-35-25(28)29/h4-6,9-14H,3,7-8,15-17H2,1-2H3/b22-21+. The van der Waals surface area contributed by atoms with Crippen LogP contribution in [-0.2, 0) is 33.7 Å². The first-order valence-electron chi connectivity index (χ1n) is 11.0. The molecule has 0 N–H and O–H groups in total.